The third kappa shape index (κ3) is 41.5. The lowest BCUT2D eigenvalue weighted by Crippen LogP contribution is -2.28. The minimum atomic E-state index is -0.762. The van der Waals surface area contributed by atoms with Crippen molar-refractivity contribution in [2.75, 3.05) is 13.2 Å². The maximum Gasteiger partial charge on any atom is 0.306 e. The van der Waals surface area contributed by atoms with Gasteiger partial charge in [0, 0.05) is 12.8 Å². The average molecular weight is 723 g/mol. The number of carbonyl (C=O) groups is 2. The van der Waals surface area contributed by atoms with Gasteiger partial charge in [-0.2, -0.15) is 0 Å². The van der Waals surface area contributed by atoms with Crippen molar-refractivity contribution in [2.24, 2.45) is 0 Å². The fourth-order valence-corrected chi connectivity index (χ4v) is 7.15. The maximum atomic E-state index is 12.2. The van der Waals surface area contributed by atoms with E-state index >= 15 is 0 Å². The van der Waals surface area contributed by atoms with Crippen LogP contribution in [0.4, 0.5) is 0 Å². The van der Waals surface area contributed by atoms with Crippen LogP contribution in [0.2, 0.25) is 0 Å². The molecule has 5 heteroatoms. The highest BCUT2D eigenvalue weighted by Gasteiger charge is 2.16. The number of aliphatic hydroxyl groups excluding tert-OH is 1. The van der Waals surface area contributed by atoms with Crippen molar-refractivity contribution in [1.82, 2.24) is 0 Å². The summed E-state index contributed by atoms with van der Waals surface area (Å²) >= 11 is 0. The molecule has 0 unspecified atom stereocenters. The summed E-state index contributed by atoms with van der Waals surface area (Å²) in [5.41, 5.74) is 0. The molecule has 0 bridgehead atoms. The molecule has 0 radical (unpaired) electrons. The number of hydrogen-bond acceptors (Lipinski definition) is 5. The van der Waals surface area contributed by atoms with Crippen molar-refractivity contribution in [3.63, 3.8) is 0 Å². The molecule has 0 aromatic carbocycles. The lowest BCUT2D eigenvalue weighted by molar-refractivity contribution is -0.161. The molecule has 1 N–H and O–H groups in total. The van der Waals surface area contributed by atoms with E-state index in [0.29, 0.717) is 12.8 Å². The molecular weight excluding hydrogens is 633 g/mol. The summed E-state index contributed by atoms with van der Waals surface area (Å²) in [6.07, 6.45) is 49.0. The van der Waals surface area contributed by atoms with Crippen molar-refractivity contribution in [2.45, 2.75) is 270 Å². The normalized spacial score (nSPS) is 12.0. The SMILES string of the molecule is CCCCCCCCCCCCCCCCCCCCCCCCC(=O)O[C@@H](CO)COC(=O)CCCCCCCCCCCCCCCCC. The van der Waals surface area contributed by atoms with Gasteiger partial charge in [-0.05, 0) is 12.8 Å². The summed E-state index contributed by atoms with van der Waals surface area (Å²) in [4.78, 5) is 24.3. The first-order chi connectivity index (χ1) is 25.1. The molecule has 0 fully saturated rings. The molecule has 0 aromatic heterocycles. The largest absolute Gasteiger partial charge is 0.462 e. The Bertz CT molecular complexity index is 695. The number of carbonyl (C=O) groups excluding carboxylic acids is 2. The molecule has 0 aliphatic carbocycles. The Balaban J connectivity index is 3.44. The van der Waals surface area contributed by atoms with E-state index in [9.17, 15) is 14.7 Å². The quantitative estimate of drug-likeness (QED) is 0.0501. The number of rotatable bonds is 43. The van der Waals surface area contributed by atoms with Gasteiger partial charge >= 0.3 is 11.9 Å². The zero-order chi connectivity index (χ0) is 37.1. The van der Waals surface area contributed by atoms with E-state index in [0.717, 1.165) is 32.1 Å². The number of ether oxygens (including phenoxy) is 2. The molecule has 0 rings (SSSR count). The van der Waals surface area contributed by atoms with Gasteiger partial charge in [0.1, 0.15) is 6.61 Å². The van der Waals surface area contributed by atoms with E-state index in [-0.39, 0.29) is 25.2 Å². The fourth-order valence-electron chi connectivity index (χ4n) is 7.15. The molecule has 5 nitrogen and oxygen atoms in total. The Hall–Kier alpha value is -1.10. The monoisotopic (exact) mass is 723 g/mol. The second kappa shape index (κ2) is 43.3. The zero-order valence-corrected chi connectivity index (χ0v) is 34.6. The minimum absolute atomic E-state index is 0.0564. The van der Waals surface area contributed by atoms with Gasteiger partial charge < -0.3 is 14.6 Å². The molecule has 0 aromatic rings. The molecule has 0 spiro atoms. The lowest BCUT2D eigenvalue weighted by atomic mass is 10.0. The summed E-state index contributed by atoms with van der Waals surface area (Å²) in [5, 5.41) is 9.59. The van der Waals surface area contributed by atoms with Crippen LogP contribution in [0.3, 0.4) is 0 Å². The van der Waals surface area contributed by atoms with Crippen LogP contribution in [-0.2, 0) is 19.1 Å². The standard InChI is InChI=1S/C46H90O5/c1-3-5-7-9-11-13-15-17-19-20-21-22-23-24-25-27-29-31-33-35-37-39-41-46(49)51-44(42-47)43-50-45(48)40-38-36-34-32-30-28-26-18-16-14-12-10-8-6-4-2/h44,47H,3-43H2,1-2H3/t44-/m0/s1. The van der Waals surface area contributed by atoms with Crippen LogP contribution in [0.5, 0.6) is 0 Å². The number of unbranched alkanes of at least 4 members (excludes halogenated alkanes) is 35. The summed E-state index contributed by atoms with van der Waals surface area (Å²) in [6.45, 7) is 4.18. The van der Waals surface area contributed by atoms with E-state index in [1.807, 2.05) is 0 Å². The van der Waals surface area contributed by atoms with Crippen LogP contribution >= 0.6 is 0 Å². The van der Waals surface area contributed by atoms with E-state index in [1.165, 1.54) is 205 Å². The third-order valence-electron chi connectivity index (χ3n) is 10.7. The first kappa shape index (κ1) is 49.9. The van der Waals surface area contributed by atoms with E-state index < -0.39 is 6.10 Å². The van der Waals surface area contributed by atoms with Gasteiger partial charge in [0.2, 0.25) is 0 Å². The van der Waals surface area contributed by atoms with Gasteiger partial charge in [0.05, 0.1) is 6.61 Å². The highest BCUT2D eigenvalue weighted by Crippen LogP contribution is 2.17. The Morgan fingerprint density at radius 2 is 0.608 bits per heavy atom. The van der Waals surface area contributed by atoms with E-state index in [1.54, 1.807) is 0 Å². The van der Waals surface area contributed by atoms with Crippen LogP contribution in [0, 0.1) is 0 Å². The molecular formula is C46H90O5. The second-order valence-corrected chi connectivity index (χ2v) is 15.9. The highest BCUT2D eigenvalue weighted by molar-refractivity contribution is 5.70. The van der Waals surface area contributed by atoms with Gasteiger partial charge in [0.15, 0.2) is 6.10 Å². The van der Waals surface area contributed by atoms with Crippen molar-refractivity contribution in [1.29, 1.82) is 0 Å². The number of hydrogen-bond donors (Lipinski definition) is 1. The first-order valence-electron chi connectivity index (χ1n) is 23.1. The Labute approximate surface area is 319 Å². The zero-order valence-electron chi connectivity index (χ0n) is 34.6. The van der Waals surface area contributed by atoms with Crippen molar-refractivity contribution < 1.29 is 24.2 Å². The lowest BCUT2D eigenvalue weighted by Gasteiger charge is -2.15. The summed E-state index contributed by atoms with van der Waals surface area (Å²) in [7, 11) is 0. The minimum Gasteiger partial charge on any atom is -0.462 e. The molecule has 0 saturated heterocycles. The molecule has 0 heterocycles. The summed E-state index contributed by atoms with van der Waals surface area (Å²) in [5.74, 6) is -0.570. The molecule has 1 atom stereocenters. The van der Waals surface area contributed by atoms with Crippen LogP contribution in [0.15, 0.2) is 0 Å². The average Bonchev–Trinajstić information content (AvgIpc) is 3.13. The molecule has 0 aliphatic heterocycles. The molecule has 0 aliphatic rings. The van der Waals surface area contributed by atoms with Crippen molar-refractivity contribution in [3.8, 4) is 0 Å². The summed E-state index contributed by atoms with van der Waals surface area (Å²) < 4.78 is 10.7. The maximum absolute atomic E-state index is 12.2. The van der Waals surface area contributed by atoms with Gasteiger partial charge in [-0.25, -0.2) is 0 Å². The predicted molar refractivity (Wildman–Crippen MR) is 219 cm³/mol. The number of aliphatic hydroxyl groups is 1. The van der Waals surface area contributed by atoms with Crippen LogP contribution in [-0.4, -0.2) is 36.4 Å². The van der Waals surface area contributed by atoms with Crippen LogP contribution < -0.4 is 0 Å². The van der Waals surface area contributed by atoms with E-state index in [4.69, 9.17) is 9.47 Å². The Morgan fingerprint density at radius 1 is 0.373 bits per heavy atom. The molecule has 304 valence electrons. The third-order valence-corrected chi connectivity index (χ3v) is 10.7. The Morgan fingerprint density at radius 3 is 0.863 bits per heavy atom. The fraction of sp³-hybridized carbons (Fsp3) is 0.957. The first-order valence-corrected chi connectivity index (χ1v) is 23.1. The van der Waals surface area contributed by atoms with Crippen LogP contribution in [0.25, 0.3) is 0 Å². The van der Waals surface area contributed by atoms with Crippen molar-refractivity contribution >= 4 is 11.9 Å². The molecule has 0 saturated carbocycles. The van der Waals surface area contributed by atoms with Gasteiger partial charge in [-0.1, -0.05) is 239 Å². The van der Waals surface area contributed by atoms with Gasteiger partial charge in [0.25, 0.3) is 0 Å². The van der Waals surface area contributed by atoms with Gasteiger partial charge in [-0.15, -0.1) is 0 Å². The second-order valence-electron chi connectivity index (χ2n) is 15.9. The predicted octanol–water partition coefficient (Wildman–Crippen LogP) is 14.7. The Kier molecular flexibility index (Phi) is 42.4. The highest BCUT2D eigenvalue weighted by atomic mass is 16.6. The smallest absolute Gasteiger partial charge is 0.306 e. The van der Waals surface area contributed by atoms with Gasteiger partial charge in [-0.3, -0.25) is 9.59 Å². The topological polar surface area (TPSA) is 72.8 Å². The molecule has 51 heavy (non-hydrogen) atoms. The number of esters is 2. The molecule has 0 amide bonds. The summed E-state index contributed by atoms with van der Waals surface area (Å²) in [6, 6.07) is 0. The van der Waals surface area contributed by atoms with Crippen LogP contribution in [0.1, 0.15) is 264 Å². The van der Waals surface area contributed by atoms with E-state index in [2.05, 4.69) is 13.8 Å². The van der Waals surface area contributed by atoms with Crippen molar-refractivity contribution in [3.05, 3.63) is 0 Å².